The summed E-state index contributed by atoms with van der Waals surface area (Å²) in [7, 11) is 0. The third-order valence-corrected chi connectivity index (χ3v) is 1.93. The monoisotopic (exact) mass is 163 g/mol. The second kappa shape index (κ2) is 3.04. The molecule has 66 valence electrons. The van der Waals surface area contributed by atoms with Crippen LogP contribution in [0.3, 0.4) is 0 Å². The molecule has 0 aliphatic carbocycles. The van der Waals surface area contributed by atoms with Crippen molar-refractivity contribution >= 4 is 0 Å². The van der Waals surface area contributed by atoms with Gasteiger partial charge < -0.3 is 25.8 Å². The van der Waals surface area contributed by atoms with Crippen molar-refractivity contribution in [2.24, 2.45) is 5.73 Å². The Labute approximate surface area is 64.4 Å². The Hall–Kier alpha value is -0.200. The Kier molecular flexibility index (Phi) is 2.46. The van der Waals surface area contributed by atoms with Crippen molar-refractivity contribution in [3.63, 3.8) is 0 Å². The fourth-order valence-corrected chi connectivity index (χ4v) is 1.07. The fourth-order valence-electron chi connectivity index (χ4n) is 1.07. The van der Waals surface area contributed by atoms with E-state index in [0.717, 1.165) is 0 Å². The van der Waals surface area contributed by atoms with Crippen LogP contribution in [0.5, 0.6) is 0 Å². The van der Waals surface area contributed by atoms with E-state index < -0.39 is 30.6 Å². The second-order valence-corrected chi connectivity index (χ2v) is 2.79. The van der Waals surface area contributed by atoms with Gasteiger partial charge in [0.25, 0.3) is 0 Å². The topological polar surface area (TPSA) is 95.9 Å². The predicted molar refractivity (Wildman–Crippen MR) is 36.5 cm³/mol. The molecule has 5 N–H and O–H groups in total. The van der Waals surface area contributed by atoms with Gasteiger partial charge in [0.15, 0.2) is 6.29 Å². The first-order valence-electron chi connectivity index (χ1n) is 3.49. The van der Waals surface area contributed by atoms with Gasteiger partial charge in [-0.2, -0.15) is 0 Å². The molecule has 1 fully saturated rings. The van der Waals surface area contributed by atoms with E-state index in [1.54, 1.807) is 6.92 Å². The molecule has 0 radical (unpaired) electrons. The molecule has 0 unspecified atom stereocenters. The highest BCUT2D eigenvalue weighted by Crippen LogP contribution is 2.17. The van der Waals surface area contributed by atoms with Gasteiger partial charge in [0, 0.05) is 0 Å². The van der Waals surface area contributed by atoms with Crippen molar-refractivity contribution in [3.05, 3.63) is 0 Å². The maximum Gasteiger partial charge on any atom is 0.183 e. The van der Waals surface area contributed by atoms with Crippen molar-refractivity contribution in [1.82, 2.24) is 0 Å². The molecule has 0 amide bonds. The summed E-state index contributed by atoms with van der Waals surface area (Å²) in [5, 5.41) is 27.1. The van der Waals surface area contributed by atoms with Crippen LogP contribution >= 0.6 is 0 Å². The molecule has 1 rings (SSSR count). The van der Waals surface area contributed by atoms with Gasteiger partial charge in [0.2, 0.25) is 0 Å². The van der Waals surface area contributed by atoms with Gasteiger partial charge in [0.05, 0.1) is 12.1 Å². The minimum absolute atomic E-state index is 0.441. The van der Waals surface area contributed by atoms with Gasteiger partial charge in [-0.15, -0.1) is 0 Å². The quantitative estimate of drug-likeness (QED) is 0.324. The van der Waals surface area contributed by atoms with Crippen LogP contribution in [0.25, 0.3) is 0 Å². The molecule has 0 saturated carbocycles. The number of aliphatic hydroxyl groups excluding tert-OH is 3. The Bertz CT molecular complexity index is 129. The van der Waals surface area contributed by atoms with E-state index >= 15 is 0 Å². The van der Waals surface area contributed by atoms with Gasteiger partial charge in [-0.3, -0.25) is 0 Å². The summed E-state index contributed by atoms with van der Waals surface area (Å²) in [5.74, 6) is 0. The summed E-state index contributed by atoms with van der Waals surface area (Å²) in [6.07, 6.45) is -4.20. The zero-order valence-electron chi connectivity index (χ0n) is 6.21. The van der Waals surface area contributed by atoms with E-state index in [4.69, 9.17) is 20.7 Å². The van der Waals surface area contributed by atoms with Crippen LogP contribution in [-0.2, 0) is 4.74 Å². The Morgan fingerprint density at radius 1 is 1.18 bits per heavy atom. The van der Waals surface area contributed by atoms with E-state index in [-0.39, 0.29) is 0 Å². The third-order valence-electron chi connectivity index (χ3n) is 1.93. The molecule has 5 heteroatoms. The lowest BCUT2D eigenvalue weighted by Crippen LogP contribution is -2.60. The Balaban J connectivity index is 2.63. The molecular formula is C6H13NO4. The zero-order valence-corrected chi connectivity index (χ0v) is 6.21. The van der Waals surface area contributed by atoms with Gasteiger partial charge in [0.1, 0.15) is 12.2 Å². The molecule has 0 aromatic rings. The molecule has 1 aliphatic rings. The van der Waals surface area contributed by atoms with Crippen LogP contribution in [0.15, 0.2) is 0 Å². The summed E-state index contributed by atoms with van der Waals surface area (Å²) in [6.45, 7) is 1.63. The minimum Gasteiger partial charge on any atom is -0.388 e. The molecule has 5 atom stereocenters. The van der Waals surface area contributed by atoms with E-state index in [1.807, 2.05) is 0 Å². The smallest absolute Gasteiger partial charge is 0.183 e. The lowest BCUT2D eigenvalue weighted by atomic mass is 9.98. The first kappa shape index (κ1) is 8.89. The first-order valence-corrected chi connectivity index (χ1v) is 3.49. The number of aliphatic hydroxyl groups is 3. The minimum atomic E-state index is -1.33. The summed E-state index contributed by atoms with van der Waals surface area (Å²) >= 11 is 0. The van der Waals surface area contributed by atoms with E-state index in [0.29, 0.717) is 0 Å². The number of hydrogen-bond donors (Lipinski definition) is 4. The van der Waals surface area contributed by atoms with Gasteiger partial charge in [-0.25, -0.2) is 0 Å². The normalized spacial score (nSPS) is 52.6. The molecule has 5 nitrogen and oxygen atoms in total. The number of hydrogen-bond acceptors (Lipinski definition) is 5. The molecule has 1 heterocycles. The van der Waals surface area contributed by atoms with Gasteiger partial charge >= 0.3 is 0 Å². The number of rotatable bonds is 0. The van der Waals surface area contributed by atoms with E-state index in [1.165, 1.54) is 0 Å². The van der Waals surface area contributed by atoms with Crippen LogP contribution in [0.1, 0.15) is 6.92 Å². The average molecular weight is 163 g/mol. The first-order chi connectivity index (χ1) is 5.04. The maximum absolute atomic E-state index is 9.17. The van der Waals surface area contributed by atoms with Crippen LogP contribution in [0, 0.1) is 0 Å². The standard InChI is InChI=1S/C6H13NO4/c1-2-3(7)4(8)5(9)6(10)11-2/h2-6,8-10H,7H2,1H3/t2-,3+,4-,5-,6+/m0/s1. The SMILES string of the molecule is C[C@@H]1O[C@@H](O)[C@@H](O)[C@@H](O)[C@@H]1N. The second-order valence-electron chi connectivity index (χ2n) is 2.79. The molecule has 0 aromatic heterocycles. The summed E-state index contributed by atoms with van der Waals surface area (Å²) in [4.78, 5) is 0. The summed E-state index contributed by atoms with van der Waals surface area (Å²) in [6, 6.07) is -0.645. The van der Waals surface area contributed by atoms with Crippen molar-refractivity contribution < 1.29 is 20.1 Å². The van der Waals surface area contributed by atoms with E-state index in [2.05, 4.69) is 0 Å². The molecule has 1 aliphatic heterocycles. The molecule has 0 bridgehead atoms. The number of ether oxygens (including phenoxy) is 1. The lowest BCUT2D eigenvalue weighted by molar-refractivity contribution is -0.249. The van der Waals surface area contributed by atoms with Crippen LogP contribution in [0.4, 0.5) is 0 Å². The highest BCUT2D eigenvalue weighted by molar-refractivity contribution is 4.89. The molecule has 0 spiro atoms. The molecule has 1 saturated heterocycles. The lowest BCUT2D eigenvalue weighted by Gasteiger charge is -2.37. The van der Waals surface area contributed by atoms with Crippen LogP contribution in [0.2, 0.25) is 0 Å². The maximum atomic E-state index is 9.17. The van der Waals surface area contributed by atoms with Gasteiger partial charge in [-0.05, 0) is 6.92 Å². The van der Waals surface area contributed by atoms with Crippen molar-refractivity contribution in [2.45, 2.75) is 37.6 Å². The Morgan fingerprint density at radius 2 is 1.73 bits per heavy atom. The fraction of sp³-hybridized carbons (Fsp3) is 1.00. The number of nitrogens with two attached hydrogens (primary N) is 1. The summed E-state index contributed by atoms with van der Waals surface area (Å²) in [5.41, 5.74) is 5.43. The zero-order chi connectivity index (χ0) is 8.59. The van der Waals surface area contributed by atoms with Crippen molar-refractivity contribution in [3.8, 4) is 0 Å². The Morgan fingerprint density at radius 3 is 2.27 bits per heavy atom. The predicted octanol–water partition coefficient (Wildman–Crippen LogP) is -2.23. The highest BCUT2D eigenvalue weighted by atomic mass is 16.6. The largest absolute Gasteiger partial charge is 0.388 e. The molecule has 0 aromatic carbocycles. The van der Waals surface area contributed by atoms with Gasteiger partial charge in [-0.1, -0.05) is 0 Å². The summed E-state index contributed by atoms with van der Waals surface area (Å²) < 4.78 is 4.80. The van der Waals surface area contributed by atoms with Crippen LogP contribution in [-0.4, -0.2) is 46.0 Å². The molecule has 11 heavy (non-hydrogen) atoms. The highest BCUT2D eigenvalue weighted by Gasteiger charge is 2.39. The molecular weight excluding hydrogens is 150 g/mol. The van der Waals surface area contributed by atoms with E-state index in [9.17, 15) is 5.11 Å². The third kappa shape index (κ3) is 1.52. The van der Waals surface area contributed by atoms with Crippen molar-refractivity contribution in [1.29, 1.82) is 0 Å². The van der Waals surface area contributed by atoms with Crippen LogP contribution < -0.4 is 5.73 Å². The average Bonchev–Trinajstić information content (AvgIpc) is 1.97. The van der Waals surface area contributed by atoms with Crippen molar-refractivity contribution in [2.75, 3.05) is 0 Å².